The van der Waals surface area contributed by atoms with Crippen LogP contribution >= 0.6 is 11.8 Å². The number of hydrogen-bond donors (Lipinski definition) is 3. The highest BCUT2D eigenvalue weighted by atomic mass is 32.2. The summed E-state index contributed by atoms with van der Waals surface area (Å²) < 4.78 is 39.5. The number of aromatic nitrogens is 2. The molecule has 2 saturated carbocycles. The van der Waals surface area contributed by atoms with Gasteiger partial charge >= 0.3 is 5.69 Å². The van der Waals surface area contributed by atoms with Crippen molar-refractivity contribution in [3.8, 4) is 0 Å². The van der Waals surface area contributed by atoms with Gasteiger partial charge in [-0.2, -0.15) is 14.3 Å². The Balaban J connectivity index is 0.000000171. The van der Waals surface area contributed by atoms with E-state index in [-0.39, 0.29) is 40.2 Å². The van der Waals surface area contributed by atoms with Gasteiger partial charge in [-0.1, -0.05) is 25.6 Å². The van der Waals surface area contributed by atoms with Crippen molar-refractivity contribution in [2.45, 2.75) is 43.9 Å². The van der Waals surface area contributed by atoms with E-state index in [0.717, 1.165) is 6.42 Å². The van der Waals surface area contributed by atoms with Crippen molar-refractivity contribution in [3.05, 3.63) is 22.7 Å². The Morgan fingerprint density at radius 2 is 2.13 bits per heavy atom. The summed E-state index contributed by atoms with van der Waals surface area (Å²) in [7, 11) is -4.33. The number of anilines is 1. The van der Waals surface area contributed by atoms with Crippen molar-refractivity contribution in [2.24, 2.45) is 16.7 Å². The second-order valence-corrected chi connectivity index (χ2v) is 11.3. The van der Waals surface area contributed by atoms with E-state index in [2.05, 4.69) is 4.98 Å². The molecule has 12 heteroatoms. The van der Waals surface area contributed by atoms with E-state index in [4.69, 9.17) is 15.6 Å². The second kappa shape index (κ2) is 8.23. The Kier molecular flexibility index (Phi) is 6.36. The fourth-order valence-corrected chi connectivity index (χ4v) is 7.11. The molecule has 0 radical (unpaired) electrons. The van der Waals surface area contributed by atoms with E-state index in [1.165, 1.54) is 16.3 Å². The standard InChI is InChI=1S/C10H16O4S.C8H11N3O3S/c1-9(2)7-3-4-10(9,8(11)5-7)6-15(12,13)14;9-5-1-2-11(8(13)10-5)6-4-14-7(3-12)15-6/h7H,3-6H2,1-2H3,(H,12,13,14);1-2,6-7,12H,3-4H2,(H2,9,10,13)/t7-,10-;6-,7-/m00/s1. The highest BCUT2D eigenvalue weighted by molar-refractivity contribution is 7.99. The molecule has 3 fully saturated rings. The van der Waals surface area contributed by atoms with Crippen LogP contribution in [0.1, 0.15) is 38.5 Å². The molecule has 3 aliphatic rings. The van der Waals surface area contributed by atoms with Gasteiger partial charge in [0.2, 0.25) is 0 Å². The minimum atomic E-state index is -4.33. The van der Waals surface area contributed by atoms with E-state index in [1.54, 1.807) is 12.3 Å². The zero-order valence-corrected chi connectivity index (χ0v) is 18.5. The monoisotopic (exact) mass is 461 g/mol. The Bertz CT molecular complexity index is 978. The van der Waals surface area contributed by atoms with Crippen LogP contribution in [0.25, 0.3) is 0 Å². The summed E-state index contributed by atoms with van der Waals surface area (Å²) in [6.07, 6.45) is 3.50. The normalized spacial score (nSPS) is 32.1. The lowest BCUT2D eigenvalue weighted by atomic mass is 9.70. The third-order valence-electron chi connectivity index (χ3n) is 6.66. The molecule has 168 valence electrons. The number of nitrogens with zero attached hydrogens (tertiary/aromatic N) is 1. The van der Waals surface area contributed by atoms with Crippen molar-refractivity contribution in [1.29, 1.82) is 0 Å². The number of rotatable bonds is 4. The first-order chi connectivity index (χ1) is 13.9. The molecule has 4 N–H and O–H groups in total. The summed E-state index contributed by atoms with van der Waals surface area (Å²) in [4.78, 5) is 25.9. The van der Waals surface area contributed by atoms with Crippen molar-refractivity contribution in [3.63, 3.8) is 0 Å². The van der Waals surface area contributed by atoms with Gasteiger partial charge in [0.05, 0.1) is 29.1 Å². The summed E-state index contributed by atoms with van der Waals surface area (Å²) in [5.41, 5.74) is 3.69. The van der Waals surface area contributed by atoms with Gasteiger partial charge in [-0.25, -0.2) is 8.42 Å². The van der Waals surface area contributed by atoms with Gasteiger partial charge in [0.1, 0.15) is 17.4 Å². The lowest BCUT2D eigenvalue weighted by molar-refractivity contribution is -0.716. The lowest BCUT2D eigenvalue weighted by Crippen LogP contribution is -2.53. The molecule has 0 unspecified atom stereocenters. The van der Waals surface area contributed by atoms with Crippen LogP contribution in [0.3, 0.4) is 0 Å². The van der Waals surface area contributed by atoms with Gasteiger partial charge in [-0.05, 0) is 24.2 Å². The number of aliphatic hydroxyl groups excluding tert-OH is 1. The van der Waals surface area contributed by atoms with Gasteiger partial charge in [0.25, 0.3) is 0 Å². The minimum Gasteiger partial charge on any atom is -0.748 e. The van der Waals surface area contributed by atoms with Crippen LogP contribution in [0.5, 0.6) is 0 Å². The summed E-state index contributed by atoms with van der Waals surface area (Å²) in [5, 5.41) is 8.78. The number of fused-ring (bicyclic) bond motifs is 2. The average Bonchev–Trinajstić information content (AvgIpc) is 3.24. The molecule has 30 heavy (non-hydrogen) atoms. The van der Waals surface area contributed by atoms with Crippen LogP contribution in [-0.4, -0.2) is 53.2 Å². The topological polar surface area (TPSA) is 166 Å². The summed E-state index contributed by atoms with van der Waals surface area (Å²) in [6.45, 7) is 4.20. The van der Waals surface area contributed by atoms with Crippen LogP contribution in [0, 0.1) is 16.7 Å². The number of ether oxygens (including phenoxy) is 1. The Hall–Kier alpha value is -1.47. The number of hydrogen-bond acceptors (Lipinski definition) is 9. The molecule has 2 bridgehead atoms. The predicted octanol–water partition coefficient (Wildman–Crippen LogP) is -0.248. The molecule has 2 aliphatic carbocycles. The van der Waals surface area contributed by atoms with Crippen molar-refractivity contribution >= 4 is 33.5 Å². The molecule has 1 aromatic rings. The first kappa shape index (κ1) is 23.2. The van der Waals surface area contributed by atoms with Crippen LogP contribution in [0.4, 0.5) is 5.82 Å². The minimum absolute atomic E-state index is 0.0248. The molecule has 4 atom stereocenters. The lowest BCUT2D eigenvalue weighted by Gasteiger charge is -2.37. The third-order valence-corrected chi connectivity index (χ3v) is 8.77. The highest BCUT2D eigenvalue weighted by Crippen LogP contribution is 2.64. The molecule has 0 aromatic carbocycles. The molecule has 1 aliphatic heterocycles. The van der Waals surface area contributed by atoms with E-state index in [1.807, 2.05) is 13.8 Å². The Morgan fingerprint density at radius 1 is 1.43 bits per heavy atom. The number of thioether (sulfide) groups is 1. The van der Waals surface area contributed by atoms with Crippen molar-refractivity contribution < 1.29 is 32.2 Å². The molecule has 1 saturated heterocycles. The quantitative estimate of drug-likeness (QED) is 0.405. The van der Waals surface area contributed by atoms with Crippen LogP contribution in [-0.2, 0) is 19.6 Å². The maximum Gasteiger partial charge on any atom is 0.498 e. The largest absolute Gasteiger partial charge is 0.748 e. The number of H-pyrrole nitrogens is 1. The second-order valence-electron chi connectivity index (χ2n) is 8.51. The number of aromatic amines is 1. The predicted molar refractivity (Wildman–Crippen MR) is 108 cm³/mol. The van der Waals surface area contributed by atoms with Gasteiger partial charge in [0.15, 0.2) is 11.2 Å². The first-order valence-corrected chi connectivity index (χ1v) is 12.2. The van der Waals surface area contributed by atoms with Gasteiger partial charge in [-0.3, -0.25) is 4.79 Å². The zero-order chi connectivity index (χ0) is 22.3. The number of carbonyl (C=O) groups excluding carboxylic acids is 1. The van der Waals surface area contributed by atoms with E-state index in [0.29, 0.717) is 25.3 Å². The number of aliphatic hydroxyl groups is 1. The maximum atomic E-state index is 11.8. The molecule has 2 heterocycles. The van der Waals surface area contributed by atoms with Crippen LogP contribution < -0.4 is 16.0 Å². The highest BCUT2D eigenvalue weighted by Gasteiger charge is 2.64. The summed E-state index contributed by atoms with van der Waals surface area (Å²) in [6, 6.07) is 1.62. The van der Waals surface area contributed by atoms with Crippen molar-refractivity contribution in [1.82, 2.24) is 4.98 Å². The molecule has 4 rings (SSSR count). The number of carbonyl (C=O) groups is 1. The molecule has 1 aromatic heterocycles. The van der Waals surface area contributed by atoms with Gasteiger partial charge in [-0.15, -0.1) is 0 Å². The third kappa shape index (κ3) is 4.28. The zero-order valence-electron chi connectivity index (χ0n) is 16.9. The Labute approximate surface area is 179 Å². The molecular formula is C18H27N3O7S2. The first-order valence-electron chi connectivity index (χ1n) is 9.64. The molecule has 10 nitrogen and oxygen atoms in total. The van der Waals surface area contributed by atoms with Crippen molar-refractivity contribution in [2.75, 3.05) is 24.7 Å². The molecular weight excluding hydrogens is 434 g/mol. The molecule has 0 amide bonds. The fraction of sp³-hybridized carbons (Fsp3) is 0.722. The smallest absolute Gasteiger partial charge is 0.498 e. The fourth-order valence-electron chi connectivity index (χ4n) is 4.78. The van der Waals surface area contributed by atoms with Crippen LogP contribution in [0.2, 0.25) is 0 Å². The van der Waals surface area contributed by atoms with Crippen LogP contribution in [0.15, 0.2) is 17.1 Å². The van der Waals surface area contributed by atoms with E-state index >= 15 is 0 Å². The SMILES string of the molecule is CC1(C)[C@H]2CC[C@]1(CS(=O)(=O)[O-])C(=O)C2.Nc1cc[n+]([C@@H]2CO[C@H](CO)S2)c(=O)[nH]1. The Morgan fingerprint density at radius 3 is 2.60 bits per heavy atom. The number of nitrogen functional groups attached to an aromatic ring is 1. The average molecular weight is 462 g/mol. The van der Waals surface area contributed by atoms with Gasteiger partial charge in [0, 0.05) is 17.9 Å². The summed E-state index contributed by atoms with van der Waals surface area (Å²) >= 11 is 1.41. The number of ketones is 1. The van der Waals surface area contributed by atoms with Gasteiger partial charge < -0.3 is 20.1 Å². The number of nitrogens with one attached hydrogen (secondary N) is 1. The number of nitrogens with two attached hydrogens (primary N) is 1. The summed E-state index contributed by atoms with van der Waals surface area (Å²) in [5.74, 6) is 0.0521. The van der Waals surface area contributed by atoms with E-state index in [9.17, 15) is 22.6 Å². The number of Topliss-reactive ketones (excluding diaryl/α,β-unsaturated/α-hetero) is 1. The van der Waals surface area contributed by atoms with E-state index < -0.39 is 21.3 Å². The molecule has 0 spiro atoms. The maximum absolute atomic E-state index is 11.8.